The molecule has 0 spiro atoms. The summed E-state index contributed by atoms with van der Waals surface area (Å²) in [6.07, 6.45) is 4.23. The van der Waals surface area contributed by atoms with E-state index >= 15 is 0 Å². The number of aryl methyl sites for hydroxylation is 1. The van der Waals surface area contributed by atoms with Crippen LogP contribution in [0, 0.1) is 0 Å². The van der Waals surface area contributed by atoms with Crippen molar-refractivity contribution in [2.75, 3.05) is 6.54 Å². The Morgan fingerprint density at radius 1 is 1.10 bits per heavy atom. The van der Waals surface area contributed by atoms with E-state index in [0.717, 1.165) is 43.9 Å². The van der Waals surface area contributed by atoms with Crippen LogP contribution >= 0.6 is 0 Å². The van der Waals surface area contributed by atoms with Gasteiger partial charge in [-0.05, 0) is 31.9 Å². The molecule has 9 nitrogen and oxygen atoms in total. The molecule has 2 aromatic rings. The molecule has 1 aliphatic heterocycles. The SMILES string of the molecule is CC(=O)c1ccc(S(=O)(=O)NCCC(=O)NCc2nnc3n2CCCCC3)cc1. The molecule has 0 atom stereocenters. The lowest BCUT2D eigenvalue weighted by Gasteiger charge is -2.09. The molecule has 10 heteroatoms. The van der Waals surface area contributed by atoms with Gasteiger partial charge < -0.3 is 9.88 Å². The lowest BCUT2D eigenvalue weighted by atomic mass is 10.2. The molecular formula is C19H25N5O4S. The number of amides is 1. The van der Waals surface area contributed by atoms with Crippen LogP contribution in [0.4, 0.5) is 0 Å². The predicted molar refractivity (Wildman–Crippen MR) is 106 cm³/mol. The normalized spacial score (nSPS) is 14.1. The maximum absolute atomic E-state index is 12.3. The number of sulfonamides is 1. The summed E-state index contributed by atoms with van der Waals surface area (Å²) in [6, 6.07) is 5.67. The zero-order chi connectivity index (χ0) is 20.9. The highest BCUT2D eigenvalue weighted by molar-refractivity contribution is 7.89. The average molecular weight is 420 g/mol. The maximum Gasteiger partial charge on any atom is 0.240 e. The number of hydrogen-bond donors (Lipinski definition) is 2. The van der Waals surface area contributed by atoms with Crippen LogP contribution in [0.5, 0.6) is 0 Å². The van der Waals surface area contributed by atoms with E-state index in [1.165, 1.54) is 31.2 Å². The van der Waals surface area contributed by atoms with E-state index < -0.39 is 10.0 Å². The van der Waals surface area contributed by atoms with Crippen LogP contribution in [0.25, 0.3) is 0 Å². The lowest BCUT2D eigenvalue weighted by molar-refractivity contribution is -0.121. The van der Waals surface area contributed by atoms with Crippen molar-refractivity contribution in [1.82, 2.24) is 24.8 Å². The van der Waals surface area contributed by atoms with Crippen LogP contribution in [0.3, 0.4) is 0 Å². The van der Waals surface area contributed by atoms with E-state index in [0.29, 0.717) is 5.56 Å². The number of rotatable bonds is 8. The Bertz CT molecular complexity index is 983. The van der Waals surface area contributed by atoms with E-state index in [9.17, 15) is 18.0 Å². The van der Waals surface area contributed by atoms with Gasteiger partial charge in [-0.1, -0.05) is 18.6 Å². The molecule has 3 rings (SSSR count). The summed E-state index contributed by atoms with van der Waals surface area (Å²) in [6.45, 7) is 2.51. The van der Waals surface area contributed by atoms with Crippen LogP contribution in [0.1, 0.15) is 54.6 Å². The number of aromatic nitrogens is 3. The minimum absolute atomic E-state index is 0.00571. The van der Waals surface area contributed by atoms with Crippen molar-refractivity contribution >= 4 is 21.7 Å². The van der Waals surface area contributed by atoms with Crippen molar-refractivity contribution in [2.45, 2.75) is 57.0 Å². The maximum atomic E-state index is 12.3. The monoisotopic (exact) mass is 419 g/mol. The molecule has 1 aromatic heterocycles. The van der Waals surface area contributed by atoms with Gasteiger partial charge in [-0.25, -0.2) is 13.1 Å². The molecule has 1 amide bonds. The Labute approximate surface area is 170 Å². The van der Waals surface area contributed by atoms with Crippen molar-refractivity contribution in [3.63, 3.8) is 0 Å². The molecule has 0 saturated heterocycles. The number of carbonyl (C=O) groups is 2. The first-order valence-electron chi connectivity index (χ1n) is 9.65. The lowest BCUT2D eigenvalue weighted by Crippen LogP contribution is -2.31. The number of hydrogen-bond acceptors (Lipinski definition) is 6. The van der Waals surface area contributed by atoms with Crippen molar-refractivity contribution in [2.24, 2.45) is 0 Å². The standard InChI is InChI=1S/C19H25N5O4S/c1-14(25)15-6-8-16(9-7-15)29(27,28)21-11-10-19(26)20-13-18-23-22-17-5-3-2-4-12-24(17)18/h6-9,21H,2-5,10-13H2,1H3,(H,20,26). The summed E-state index contributed by atoms with van der Waals surface area (Å²) in [5.74, 6) is 1.27. The van der Waals surface area contributed by atoms with Crippen LogP contribution in [0.15, 0.2) is 29.2 Å². The largest absolute Gasteiger partial charge is 0.349 e. The minimum Gasteiger partial charge on any atom is -0.349 e. The first-order chi connectivity index (χ1) is 13.9. The third kappa shape index (κ3) is 5.48. The molecule has 1 aliphatic rings. The second-order valence-corrected chi connectivity index (χ2v) is 8.77. The highest BCUT2D eigenvalue weighted by Gasteiger charge is 2.17. The fraction of sp³-hybridized carbons (Fsp3) is 0.474. The second kappa shape index (κ2) is 9.27. The Morgan fingerprint density at radius 3 is 2.59 bits per heavy atom. The fourth-order valence-electron chi connectivity index (χ4n) is 3.19. The molecule has 0 aliphatic carbocycles. The summed E-state index contributed by atoms with van der Waals surface area (Å²) in [7, 11) is -3.74. The molecule has 0 fully saturated rings. The van der Waals surface area contributed by atoms with E-state index in [4.69, 9.17) is 0 Å². The van der Waals surface area contributed by atoms with Gasteiger partial charge >= 0.3 is 0 Å². The number of fused-ring (bicyclic) bond motifs is 1. The van der Waals surface area contributed by atoms with E-state index in [2.05, 4.69) is 24.8 Å². The number of Topliss-reactive ketones (excluding diaryl/α,β-unsaturated/α-hetero) is 1. The first kappa shape index (κ1) is 21.1. The second-order valence-electron chi connectivity index (χ2n) is 7.00. The van der Waals surface area contributed by atoms with Crippen LogP contribution in [-0.2, 0) is 34.3 Å². The Hall–Kier alpha value is -2.59. The van der Waals surface area contributed by atoms with Gasteiger partial charge in [0.2, 0.25) is 15.9 Å². The smallest absolute Gasteiger partial charge is 0.240 e. The summed E-state index contributed by atoms with van der Waals surface area (Å²) < 4.78 is 29.0. The van der Waals surface area contributed by atoms with E-state index in [1.54, 1.807) is 0 Å². The molecular weight excluding hydrogens is 394 g/mol. The topological polar surface area (TPSA) is 123 Å². The molecule has 2 N–H and O–H groups in total. The highest BCUT2D eigenvalue weighted by Crippen LogP contribution is 2.14. The van der Waals surface area contributed by atoms with Gasteiger partial charge in [-0.2, -0.15) is 0 Å². The molecule has 156 valence electrons. The van der Waals surface area contributed by atoms with Crippen molar-refractivity contribution in [1.29, 1.82) is 0 Å². The van der Waals surface area contributed by atoms with Crippen molar-refractivity contribution in [3.8, 4) is 0 Å². The molecule has 0 saturated carbocycles. The summed E-state index contributed by atoms with van der Waals surface area (Å²) in [5, 5.41) is 11.1. The van der Waals surface area contributed by atoms with Crippen LogP contribution < -0.4 is 10.0 Å². The highest BCUT2D eigenvalue weighted by atomic mass is 32.2. The van der Waals surface area contributed by atoms with Gasteiger partial charge in [-0.3, -0.25) is 9.59 Å². The zero-order valence-corrected chi connectivity index (χ0v) is 17.2. The zero-order valence-electron chi connectivity index (χ0n) is 16.3. The molecule has 29 heavy (non-hydrogen) atoms. The Balaban J connectivity index is 1.47. The third-order valence-electron chi connectivity index (χ3n) is 4.85. The Kier molecular flexibility index (Phi) is 6.75. The summed E-state index contributed by atoms with van der Waals surface area (Å²) in [5.41, 5.74) is 0.440. The minimum atomic E-state index is -3.74. The number of ketones is 1. The quantitative estimate of drug-likeness (QED) is 0.620. The van der Waals surface area contributed by atoms with E-state index in [-0.39, 0.29) is 36.1 Å². The van der Waals surface area contributed by atoms with Gasteiger partial charge in [0.15, 0.2) is 11.6 Å². The molecule has 2 heterocycles. The summed E-state index contributed by atoms with van der Waals surface area (Å²) >= 11 is 0. The number of benzene rings is 1. The van der Waals surface area contributed by atoms with Gasteiger partial charge in [0.05, 0.1) is 11.4 Å². The number of nitrogens with zero attached hydrogens (tertiary/aromatic N) is 3. The first-order valence-corrected chi connectivity index (χ1v) is 11.1. The van der Waals surface area contributed by atoms with Gasteiger partial charge in [0, 0.05) is 31.5 Å². The van der Waals surface area contributed by atoms with Gasteiger partial charge in [-0.15, -0.1) is 10.2 Å². The third-order valence-corrected chi connectivity index (χ3v) is 6.32. The summed E-state index contributed by atoms with van der Waals surface area (Å²) in [4.78, 5) is 23.4. The molecule has 0 bridgehead atoms. The van der Waals surface area contributed by atoms with E-state index in [1.807, 2.05) is 0 Å². The van der Waals surface area contributed by atoms with Gasteiger partial charge in [0.25, 0.3) is 0 Å². The Morgan fingerprint density at radius 2 is 1.86 bits per heavy atom. The molecule has 0 radical (unpaired) electrons. The number of nitrogens with one attached hydrogen (secondary N) is 2. The van der Waals surface area contributed by atoms with Crippen LogP contribution in [0.2, 0.25) is 0 Å². The van der Waals surface area contributed by atoms with Crippen LogP contribution in [-0.4, -0.2) is 41.4 Å². The molecule has 1 aromatic carbocycles. The molecule has 0 unspecified atom stereocenters. The average Bonchev–Trinajstić information content (AvgIpc) is 2.92. The van der Waals surface area contributed by atoms with Crippen molar-refractivity contribution < 1.29 is 18.0 Å². The van der Waals surface area contributed by atoms with Gasteiger partial charge in [0.1, 0.15) is 5.82 Å². The predicted octanol–water partition coefficient (Wildman–Crippen LogP) is 1.19. The number of carbonyl (C=O) groups excluding carboxylic acids is 2. The fourth-order valence-corrected chi connectivity index (χ4v) is 4.22. The van der Waals surface area contributed by atoms with Crippen molar-refractivity contribution in [3.05, 3.63) is 41.5 Å².